The van der Waals surface area contributed by atoms with Gasteiger partial charge in [0.25, 0.3) is 0 Å². The van der Waals surface area contributed by atoms with Crippen LogP contribution in [-0.2, 0) is 4.74 Å². The number of ether oxygens (including phenoxy) is 1. The fourth-order valence-electron chi connectivity index (χ4n) is 1.13. The first kappa shape index (κ1) is 7.03. The first-order chi connectivity index (χ1) is 4.30. The lowest BCUT2D eigenvalue weighted by atomic mass is 10.2. The van der Waals surface area contributed by atoms with Gasteiger partial charge in [-0.25, -0.2) is 0 Å². The highest BCUT2D eigenvalue weighted by atomic mass is 16.5. The normalized spacial score (nSPS) is 29.0. The number of nitrogens with zero attached hydrogens (tertiary/aromatic N) is 1. The molecule has 2 nitrogen and oxygen atoms in total. The summed E-state index contributed by atoms with van der Waals surface area (Å²) in [6.45, 7) is 0.947. The molecule has 1 aliphatic rings. The van der Waals surface area contributed by atoms with Crippen LogP contribution in [0.3, 0.4) is 0 Å². The van der Waals surface area contributed by atoms with E-state index in [1.165, 1.54) is 19.3 Å². The fraction of sp³-hybridized carbons (Fsp3) is 1.00. The van der Waals surface area contributed by atoms with E-state index in [-0.39, 0.29) is 0 Å². The molecule has 0 aromatic rings. The maximum atomic E-state index is 5.47. The summed E-state index contributed by atoms with van der Waals surface area (Å²) in [4.78, 5) is 2.14. The molecular weight excluding hydrogens is 114 g/mol. The summed E-state index contributed by atoms with van der Waals surface area (Å²) in [6.07, 6.45) is 4.15. The average Bonchev–Trinajstić information content (AvgIpc) is 1.90. The van der Waals surface area contributed by atoms with Crippen LogP contribution in [0.1, 0.15) is 19.3 Å². The molecule has 54 valence electrons. The van der Waals surface area contributed by atoms with Crippen LogP contribution in [0.5, 0.6) is 0 Å². The Kier molecular flexibility index (Phi) is 2.49. The number of hydrogen-bond donors (Lipinski definition) is 0. The highest BCUT2D eigenvalue weighted by Crippen LogP contribution is 2.13. The Labute approximate surface area is 56.8 Å². The van der Waals surface area contributed by atoms with Crippen molar-refractivity contribution in [3.8, 4) is 0 Å². The molecule has 0 bridgehead atoms. The van der Waals surface area contributed by atoms with Gasteiger partial charge in [-0.1, -0.05) is 0 Å². The molecule has 1 atom stereocenters. The van der Waals surface area contributed by atoms with Gasteiger partial charge in [-0.15, -0.1) is 0 Å². The minimum atomic E-state index is 0.388. The molecule has 0 amide bonds. The van der Waals surface area contributed by atoms with Crippen LogP contribution in [0.2, 0.25) is 0 Å². The van der Waals surface area contributed by atoms with E-state index in [2.05, 4.69) is 19.0 Å². The van der Waals surface area contributed by atoms with Crippen molar-refractivity contribution in [1.82, 2.24) is 4.90 Å². The fourth-order valence-corrected chi connectivity index (χ4v) is 1.13. The maximum absolute atomic E-state index is 5.47. The van der Waals surface area contributed by atoms with Crippen LogP contribution in [0, 0.1) is 0 Å². The van der Waals surface area contributed by atoms with E-state index >= 15 is 0 Å². The van der Waals surface area contributed by atoms with Gasteiger partial charge >= 0.3 is 0 Å². The zero-order valence-corrected chi connectivity index (χ0v) is 6.26. The van der Waals surface area contributed by atoms with E-state index in [1.807, 2.05) is 0 Å². The zero-order valence-electron chi connectivity index (χ0n) is 6.26. The van der Waals surface area contributed by atoms with Crippen molar-refractivity contribution in [2.75, 3.05) is 20.7 Å². The minimum Gasteiger partial charge on any atom is -0.363 e. The summed E-state index contributed by atoms with van der Waals surface area (Å²) >= 11 is 0. The molecule has 0 spiro atoms. The lowest BCUT2D eigenvalue weighted by molar-refractivity contribution is -0.0645. The van der Waals surface area contributed by atoms with Crippen molar-refractivity contribution in [2.24, 2.45) is 0 Å². The Morgan fingerprint density at radius 3 is 2.44 bits per heavy atom. The molecule has 1 heterocycles. The first-order valence-electron chi connectivity index (χ1n) is 3.59. The Morgan fingerprint density at radius 2 is 2.11 bits per heavy atom. The van der Waals surface area contributed by atoms with Crippen LogP contribution < -0.4 is 0 Å². The topological polar surface area (TPSA) is 12.5 Å². The third-order valence-electron chi connectivity index (χ3n) is 1.73. The monoisotopic (exact) mass is 129 g/mol. The van der Waals surface area contributed by atoms with Gasteiger partial charge in [0.2, 0.25) is 0 Å². The summed E-state index contributed by atoms with van der Waals surface area (Å²) in [6, 6.07) is 0. The van der Waals surface area contributed by atoms with E-state index in [9.17, 15) is 0 Å². The van der Waals surface area contributed by atoms with E-state index in [0.717, 1.165) is 6.61 Å². The molecule has 0 radical (unpaired) electrons. The number of rotatable bonds is 1. The second-order valence-corrected chi connectivity index (χ2v) is 2.78. The summed E-state index contributed by atoms with van der Waals surface area (Å²) in [7, 11) is 4.13. The molecule has 2 heteroatoms. The zero-order chi connectivity index (χ0) is 6.69. The van der Waals surface area contributed by atoms with E-state index in [0.29, 0.717) is 6.23 Å². The summed E-state index contributed by atoms with van der Waals surface area (Å²) in [5.74, 6) is 0. The van der Waals surface area contributed by atoms with E-state index in [1.54, 1.807) is 0 Å². The Hall–Kier alpha value is -0.0800. The molecule has 0 N–H and O–H groups in total. The SMILES string of the molecule is CN(C)[C@H]1CCCCO1. The van der Waals surface area contributed by atoms with E-state index < -0.39 is 0 Å². The van der Waals surface area contributed by atoms with Crippen LogP contribution in [0.25, 0.3) is 0 Å². The van der Waals surface area contributed by atoms with Gasteiger partial charge in [-0.3, -0.25) is 4.90 Å². The van der Waals surface area contributed by atoms with Gasteiger partial charge in [0, 0.05) is 6.61 Å². The molecule has 0 aromatic carbocycles. The van der Waals surface area contributed by atoms with Crippen molar-refractivity contribution in [2.45, 2.75) is 25.5 Å². The van der Waals surface area contributed by atoms with Gasteiger partial charge in [0.15, 0.2) is 0 Å². The standard InChI is InChI=1S/C7H15NO/c1-8(2)7-5-3-4-6-9-7/h7H,3-6H2,1-2H3/t7-/m1/s1. The van der Waals surface area contributed by atoms with Crippen molar-refractivity contribution in [1.29, 1.82) is 0 Å². The third-order valence-corrected chi connectivity index (χ3v) is 1.73. The molecule has 9 heavy (non-hydrogen) atoms. The maximum Gasteiger partial charge on any atom is 0.110 e. The average molecular weight is 129 g/mol. The molecule has 0 unspecified atom stereocenters. The minimum absolute atomic E-state index is 0.388. The van der Waals surface area contributed by atoms with Gasteiger partial charge in [-0.05, 0) is 33.4 Å². The summed E-state index contributed by atoms with van der Waals surface area (Å²) < 4.78 is 5.47. The Bertz CT molecular complexity index is 77.0. The van der Waals surface area contributed by atoms with Crippen molar-refractivity contribution in [3.63, 3.8) is 0 Å². The summed E-state index contributed by atoms with van der Waals surface area (Å²) in [5.41, 5.74) is 0. The van der Waals surface area contributed by atoms with E-state index in [4.69, 9.17) is 4.74 Å². The lowest BCUT2D eigenvalue weighted by Crippen LogP contribution is -2.33. The van der Waals surface area contributed by atoms with Crippen molar-refractivity contribution in [3.05, 3.63) is 0 Å². The second-order valence-electron chi connectivity index (χ2n) is 2.78. The predicted octanol–water partition coefficient (Wildman–Crippen LogP) is 1.07. The lowest BCUT2D eigenvalue weighted by Gasteiger charge is -2.27. The van der Waals surface area contributed by atoms with Crippen LogP contribution in [0.4, 0.5) is 0 Å². The Balaban J connectivity index is 2.23. The first-order valence-corrected chi connectivity index (χ1v) is 3.59. The Morgan fingerprint density at radius 1 is 1.33 bits per heavy atom. The predicted molar refractivity (Wildman–Crippen MR) is 37.3 cm³/mol. The number of hydrogen-bond acceptors (Lipinski definition) is 2. The molecular formula is C7H15NO. The van der Waals surface area contributed by atoms with Crippen LogP contribution in [-0.4, -0.2) is 31.8 Å². The third kappa shape index (κ3) is 1.95. The molecule has 1 rings (SSSR count). The van der Waals surface area contributed by atoms with Gasteiger partial charge in [-0.2, -0.15) is 0 Å². The largest absolute Gasteiger partial charge is 0.363 e. The highest BCUT2D eigenvalue weighted by molar-refractivity contribution is 4.59. The molecule has 0 aromatic heterocycles. The van der Waals surface area contributed by atoms with Gasteiger partial charge < -0.3 is 4.74 Å². The van der Waals surface area contributed by atoms with Gasteiger partial charge in [0.1, 0.15) is 6.23 Å². The van der Waals surface area contributed by atoms with Gasteiger partial charge in [0.05, 0.1) is 0 Å². The molecule has 0 saturated carbocycles. The molecule has 0 aliphatic carbocycles. The second kappa shape index (κ2) is 3.18. The summed E-state index contributed by atoms with van der Waals surface area (Å²) in [5, 5.41) is 0. The molecule has 1 saturated heterocycles. The smallest absolute Gasteiger partial charge is 0.110 e. The van der Waals surface area contributed by atoms with Crippen molar-refractivity contribution < 1.29 is 4.74 Å². The highest BCUT2D eigenvalue weighted by Gasteiger charge is 2.14. The van der Waals surface area contributed by atoms with Crippen LogP contribution in [0.15, 0.2) is 0 Å². The van der Waals surface area contributed by atoms with Crippen LogP contribution >= 0.6 is 0 Å². The van der Waals surface area contributed by atoms with Crippen molar-refractivity contribution >= 4 is 0 Å². The molecule has 1 fully saturated rings. The quantitative estimate of drug-likeness (QED) is 0.525. The molecule has 1 aliphatic heterocycles.